The third kappa shape index (κ3) is 4.91. The Kier molecular flexibility index (Phi) is 7.07. The van der Waals surface area contributed by atoms with E-state index in [4.69, 9.17) is 5.11 Å². The van der Waals surface area contributed by atoms with Gasteiger partial charge in [-0.1, -0.05) is 0 Å². The summed E-state index contributed by atoms with van der Waals surface area (Å²) in [6.07, 6.45) is -8.73. The molecule has 0 saturated heterocycles. The Labute approximate surface area is 145 Å². The molecular formula is C15H16F4N2O5. The van der Waals surface area contributed by atoms with Crippen LogP contribution in [0.5, 0.6) is 5.75 Å². The Hall–Kier alpha value is -2.69. The summed E-state index contributed by atoms with van der Waals surface area (Å²) >= 11 is 0. The van der Waals surface area contributed by atoms with Gasteiger partial charge in [0.25, 0.3) is 5.91 Å². The predicted octanol–water partition coefficient (Wildman–Crippen LogP) is 0.671. The molecule has 0 fully saturated rings. The second-order valence-electron chi connectivity index (χ2n) is 5.05. The first-order valence-corrected chi connectivity index (χ1v) is 7.12. The van der Waals surface area contributed by atoms with Crippen molar-refractivity contribution >= 4 is 17.6 Å². The van der Waals surface area contributed by atoms with Crippen LogP contribution in [-0.2, 0) is 9.59 Å². The number of amides is 2. The average molecular weight is 380 g/mol. The van der Waals surface area contributed by atoms with E-state index in [-0.39, 0.29) is 5.56 Å². The summed E-state index contributed by atoms with van der Waals surface area (Å²) in [4.78, 5) is 36.5. The molecular weight excluding hydrogens is 364 g/mol. The summed E-state index contributed by atoms with van der Waals surface area (Å²) in [6.45, 7) is -0.981. The van der Waals surface area contributed by atoms with Gasteiger partial charge in [0, 0.05) is 19.7 Å². The van der Waals surface area contributed by atoms with Gasteiger partial charge >= 0.3 is 12.5 Å². The molecule has 1 unspecified atom stereocenters. The molecule has 2 N–H and O–H groups in total. The van der Waals surface area contributed by atoms with Crippen molar-refractivity contribution in [2.24, 2.45) is 0 Å². The summed E-state index contributed by atoms with van der Waals surface area (Å²) in [5.41, 5.74) is -0.125. The van der Waals surface area contributed by atoms with E-state index < -0.39 is 48.5 Å². The van der Waals surface area contributed by atoms with E-state index in [1.165, 1.54) is 7.05 Å². The van der Waals surface area contributed by atoms with Gasteiger partial charge < -0.3 is 20.1 Å². The zero-order valence-electron chi connectivity index (χ0n) is 13.7. The summed E-state index contributed by atoms with van der Waals surface area (Å²) in [5.74, 6) is -3.22. The molecule has 144 valence electrons. The third-order valence-electron chi connectivity index (χ3n) is 3.27. The number of likely N-dealkylation sites (N-methyl/N-ethyl adjacent to an activating group) is 2. The molecule has 0 radical (unpaired) electrons. The van der Waals surface area contributed by atoms with E-state index in [1.54, 1.807) is 0 Å². The van der Waals surface area contributed by atoms with Crippen molar-refractivity contribution in [1.29, 1.82) is 0 Å². The molecule has 0 aliphatic carbocycles. The SMILES string of the molecule is CNC(=O)C(C(=O)CO)N(C)C(=O)c1ccc(OC(F)(F)C(F)F)cc1. The van der Waals surface area contributed by atoms with E-state index in [0.29, 0.717) is 0 Å². The van der Waals surface area contributed by atoms with Crippen LogP contribution in [0.3, 0.4) is 0 Å². The van der Waals surface area contributed by atoms with Gasteiger partial charge in [0.15, 0.2) is 11.8 Å². The minimum atomic E-state index is -4.69. The lowest BCUT2D eigenvalue weighted by Crippen LogP contribution is -2.52. The number of halogens is 4. The number of ketones is 1. The highest BCUT2D eigenvalue weighted by atomic mass is 19.3. The topological polar surface area (TPSA) is 95.9 Å². The van der Waals surface area contributed by atoms with Gasteiger partial charge in [-0.25, -0.2) is 0 Å². The van der Waals surface area contributed by atoms with Crippen molar-refractivity contribution in [2.75, 3.05) is 20.7 Å². The number of nitrogens with one attached hydrogen (secondary N) is 1. The van der Waals surface area contributed by atoms with Crippen molar-refractivity contribution in [3.63, 3.8) is 0 Å². The zero-order chi connectivity index (χ0) is 20.1. The molecule has 0 aliphatic rings. The first-order valence-electron chi connectivity index (χ1n) is 7.12. The van der Waals surface area contributed by atoms with Crippen LogP contribution in [0.1, 0.15) is 10.4 Å². The van der Waals surface area contributed by atoms with Crippen LogP contribution >= 0.6 is 0 Å². The van der Waals surface area contributed by atoms with Crippen molar-refractivity contribution < 1.29 is 41.8 Å². The maximum atomic E-state index is 12.8. The molecule has 1 aromatic rings. The first-order chi connectivity index (χ1) is 12.0. The van der Waals surface area contributed by atoms with Crippen molar-refractivity contribution in [3.8, 4) is 5.75 Å². The number of Topliss-reactive ketones (excluding diaryl/α,β-unsaturated/α-hetero) is 1. The highest BCUT2D eigenvalue weighted by molar-refractivity contribution is 6.10. The third-order valence-corrected chi connectivity index (χ3v) is 3.27. The average Bonchev–Trinajstić information content (AvgIpc) is 2.60. The second kappa shape index (κ2) is 8.61. The summed E-state index contributed by atoms with van der Waals surface area (Å²) in [6, 6.07) is 2.12. The van der Waals surface area contributed by atoms with Crippen LogP contribution in [0.2, 0.25) is 0 Å². The van der Waals surface area contributed by atoms with Crippen LogP contribution in [0.25, 0.3) is 0 Å². The van der Waals surface area contributed by atoms with E-state index in [1.807, 2.05) is 0 Å². The molecule has 11 heteroatoms. The molecule has 0 saturated carbocycles. The number of aliphatic hydroxyl groups excluding tert-OH is 1. The fraction of sp³-hybridized carbons (Fsp3) is 0.400. The Balaban J connectivity index is 2.99. The number of rotatable bonds is 8. The Morgan fingerprint density at radius 2 is 1.77 bits per heavy atom. The van der Waals surface area contributed by atoms with Gasteiger partial charge in [-0.05, 0) is 24.3 Å². The van der Waals surface area contributed by atoms with E-state index in [2.05, 4.69) is 10.1 Å². The molecule has 0 spiro atoms. The van der Waals surface area contributed by atoms with Gasteiger partial charge in [0.1, 0.15) is 12.4 Å². The predicted molar refractivity (Wildman–Crippen MR) is 80.1 cm³/mol. The van der Waals surface area contributed by atoms with Gasteiger partial charge in [-0.15, -0.1) is 0 Å². The minimum absolute atomic E-state index is 0.125. The van der Waals surface area contributed by atoms with Crippen LogP contribution in [0, 0.1) is 0 Å². The van der Waals surface area contributed by atoms with Crippen LogP contribution in [0.4, 0.5) is 17.6 Å². The number of hydrogen-bond acceptors (Lipinski definition) is 5. The number of hydrogen-bond donors (Lipinski definition) is 2. The second-order valence-corrected chi connectivity index (χ2v) is 5.05. The summed E-state index contributed by atoms with van der Waals surface area (Å²) in [5, 5.41) is 11.1. The lowest BCUT2D eigenvalue weighted by atomic mass is 10.1. The van der Waals surface area contributed by atoms with Gasteiger partial charge in [0.05, 0.1) is 0 Å². The van der Waals surface area contributed by atoms with Gasteiger partial charge in [-0.2, -0.15) is 17.6 Å². The Morgan fingerprint density at radius 1 is 1.23 bits per heavy atom. The normalized spacial score (nSPS) is 12.5. The maximum absolute atomic E-state index is 12.8. The smallest absolute Gasteiger partial charge is 0.428 e. The maximum Gasteiger partial charge on any atom is 0.461 e. The molecule has 0 heterocycles. The number of carbonyl (C=O) groups is 3. The quantitative estimate of drug-likeness (QED) is 0.511. The van der Waals surface area contributed by atoms with E-state index in [0.717, 1.165) is 36.2 Å². The monoisotopic (exact) mass is 380 g/mol. The molecule has 1 aromatic carbocycles. The first kappa shape index (κ1) is 21.4. The van der Waals surface area contributed by atoms with Crippen LogP contribution in [0.15, 0.2) is 24.3 Å². The molecule has 1 rings (SSSR count). The highest BCUT2D eigenvalue weighted by Crippen LogP contribution is 2.27. The molecule has 2 amide bonds. The molecule has 0 aromatic heterocycles. The van der Waals surface area contributed by atoms with E-state index >= 15 is 0 Å². The van der Waals surface area contributed by atoms with Crippen molar-refractivity contribution in [1.82, 2.24) is 10.2 Å². The van der Waals surface area contributed by atoms with Crippen LogP contribution < -0.4 is 10.1 Å². The van der Waals surface area contributed by atoms with Crippen molar-refractivity contribution in [2.45, 2.75) is 18.6 Å². The number of carbonyl (C=O) groups excluding carboxylic acids is 3. The largest absolute Gasteiger partial charge is 0.461 e. The lowest BCUT2D eigenvalue weighted by Gasteiger charge is -2.25. The van der Waals surface area contributed by atoms with Gasteiger partial charge in [0.2, 0.25) is 5.91 Å². The highest BCUT2D eigenvalue weighted by Gasteiger charge is 2.44. The molecule has 26 heavy (non-hydrogen) atoms. The number of benzene rings is 1. The number of alkyl halides is 4. The van der Waals surface area contributed by atoms with E-state index in [9.17, 15) is 31.9 Å². The number of ether oxygens (including phenoxy) is 1. The fourth-order valence-electron chi connectivity index (χ4n) is 1.95. The molecule has 1 atom stereocenters. The minimum Gasteiger partial charge on any atom is -0.428 e. The molecule has 0 bridgehead atoms. The lowest BCUT2D eigenvalue weighted by molar-refractivity contribution is -0.253. The Morgan fingerprint density at radius 3 is 2.19 bits per heavy atom. The van der Waals surface area contributed by atoms with Gasteiger partial charge in [-0.3, -0.25) is 14.4 Å². The number of nitrogens with zero attached hydrogens (tertiary/aromatic N) is 1. The number of aliphatic hydroxyl groups is 1. The Bertz CT molecular complexity index is 651. The molecule has 7 nitrogen and oxygen atoms in total. The zero-order valence-corrected chi connectivity index (χ0v) is 13.7. The van der Waals surface area contributed by atoms with Crippen molar-refractivity contribution in [3.05, 3.63) is 29.8 Å². The molecule has 0 aliphatic heterocycles. The fourth-order valence-corrected chi connectivity index (χ4v) is 1.95. The summed E-state index contributed by atoms with van der Waals surface area (Å²) < 4.78 is 53.7. The summed E-state index contributed by atoms with van der Waals surface area (Å²) in [7, 11) is 2.36. The standard InChI is InChI=1S/C15H16F4N2O5/c1-20-12(24)11(10(23)7-22)21(2)13(25)8-3-5-9(6-4-8)26-15(18,19)14(16)17/h3-6,11,14,22H,7H2,1-2H3,(H,20,24). The van der Waals surface area contributed by atoms with Crippen LogP contribution in [-0.4, -0.2) is 66.9 Å².